The van der Waals surface area contributed by atoms with E-state index in [2.05, 4.69) is 10.1 Å². The Kier molecular flexibility index (Phi) is 3.70. The number of alkyl carbamates (subject to hydrolysis) is 1. The number of carbonyl (C=O) groups excluding carboxylic acids is 2. The second-order valence-electron chi connectivity index (χ2n) is 3.02. The van der Waals surface area contributed by atoms with Crippen molar-refractivity contribution in [3.05, 3.63) is 0 Å². The van der Waals surface area contributed by atoms with E-state index in [-0.39, 0.29) is 11.8 Å². The van der Waals surface area contributed by atoms with Gasteiger partial charge in [0, 0.05) is 18.9 Å². The molecule has 0 bridgehead atoms. The van der Waals surface area contributed by atoms with Gasteiger partial charge in [-0.25, -0.2) is 4.79 Å². The molecule has 2 N–H and O–H groups in total. The lowest BCUT2D eigenvalue weighted by molar-refractivity contribution is -0.120. The van der Waals surface area contributed by atoms with Gasteiger partial charge in [-0.1, -0.05) is 0 Å². The monoisotopic (exact) mass is 187 g/mol. The minimum atomic E-state index is -0.623. The Balaban J connectivity index is 2.22. The summed E-state index contributed by atoms with van der Waals surface area (Å²) in [6.07, 6.45) is 1.74. The van der Waals surface area contributed by atoms with E-state index in [1.54, 1.807) is 0 Å². The summed E-state index contributed by atoms with van der Waals surface area (Å²) in [4.78, 5) is 21.7. The Labute approximate surface area is 76.1 Å². The minimum Gasteiger partial charge on any atom is -0.423 e. The van der Waals surface area contributed by atoms with E-state index in [9.17, 15) is 9.59 Å². The lowest BCUT2D eigenvalue weighted by atomic mass is 9.95. The van der Waals surface area contributed by atoms with Gasteiger partial charge in [0.1, 0.15) is 5.78 Å². The zero-order valence-corrected chi connectivity index (χ0v) is 7.28. The van der Waals surface area contributed by atoms with E-state index in [0.29, 0.717) is 25.7 Å². The third kappa shape index (κ3) is 3.42. The highest BCUT2D eigenvalue weighted by Crippen LogP contribution is 2.14. The van der Waals surface area contributed by atoms with Gasteiger partial charge in [0.25, 0.3) is 0 Å². The number of hydrogen-bond acceptors (Lipinski definition) is 4. The molecule has 0 atom stereocenters. The van der Waals surface area contributed by atoms with E-state index >= 15 is 0 Å². The zero-order chi connectivity index (χ0) is 9.68. The van der Waals surface area contributed by atoms with Crippen molar-refractivity contribution >= 4 is 11.9 Å². The van der Waals surface area contributed by atoms with Crippen LogP contribution in [0.25, 0.3) is 0 Å². The number of hydrogen-bond donors (Lipinski definition) is 2. The van der Waals surface area contributed by atoms with Gasteiger partial charge in [0.2, 0.25) is 0 Å². The predicted octanol–water partition coefficient (Wildman–Crippen LogP) is 0.174. The fourth-order valence-corrected chi connectivity index (χ4v) is 1.35. The summed E-state index contributed by atoms with van der Waals surface area (Å²) in [7, 11) is 0. The van der Waals surface area contributed by atoms with Crippen LogP contribution in [0.5, 0.6) is 0 Å². The highest BCUT2D eigenvalue weighted by atomic mass is 16.6. The van der Waals surface area contributed by atoms with Crippen molar-refractivity contribution in [1.82, 2.24) is 5.32 Å². The van der Waals surface area contributed by atoms with E-state index in [0.717, 1.165) is 0 Å². The van der Waals surface area contributed by atoms with Crippen LogP contribution >= 0.6 is 0 Å². The maximum Gasteiger partial charge on any atom is 0.409 e. The Morgan fingerprint density at radius 3 is 2.69 bits per heavy atom. The maximum atomic E-state index is 10.8. The number of aliphatic hydroxyl groups is 1. The van der Waals surface area contributed by atoms with Crippen molar-refractivity contribution in [3.8, 4) is 0 Å². The molecule has 1 rings (SSSR count). The standard InChI is InChI=1S/C8H13NO4/c10-5-13-8(12)9-6-1-3-7(11)4-2-6/h6,10H,1-5H2,(H,9,12). The third-order valence-corrected chi connectivity index (χ3v) is 2.06. The molecule has 0 unspecified atom stereocenters. The molecule has 74 valence electrons. The summed E-state index contributed by atoms with van der Waals surface area (Å²) in [5, 5.41) is 10.8. The molecular formula is C8H13NO4. The topological polar surface area (TPSA) is 75.6 Å². The van der Waals surface area contributed by atoms with Crippen LogP contribution in [0, 0.1) is 0 Å². The first-order valence-electron chi connectivity index (χ1n) is 4.28. The summed E-state index contributed by atoms with van der Waals surface area (Å²) in [5.41, 5.74) is 0. The molecule has 1 aliphatic rings. The molecule has 0 heterocycles. The fourth-order valence-electron chi connectivity index (χ4n) is 1.35. The molecule has 1 saturated carbocycles. The summed E-state index contributed by atoms with van der Waals surface area (Å²) in [6.45, 7) is -0.614. The number of Topliss-reactive ketones (excluding diaryl/α,β-unsaturated/α-hetero) is 1. The summed E-state index contributed by atoms with van der Waals surface area (Å²) in [5.74, 6) is 0.244. The number of carbonyl (C=O) groups is 2. The molecule has 1 amide bonds. The minimum absolute atomic E-state index is 0.0109. The van der Waals surface area contributed by atoms with Gasteiger partial charge in [0.05, 0.1) is 0 Å². The number of ether oxygens (including phenoxy) is 1. The molecule has 0 saturated heterocycles. The largest absolute Gasteiger partial charge is 0.423 e. The van der Waals surface area contributed by atoms with Crippen LogP contribution in [-0.4, -0.2) is 29.8 Å². The summed E-state index contributed by atoms with van der Waals surface area (Å²) < 4.78 is 4.29. The van der Waals surface area contributed by atoms with Gasteiger partial charge in [-0.15, -0.1) is 0 Å². The van der Waals surface area contributed by atoms with Gasteiger partial charge in [-0.3, -0.25) is 4.79 Å². The SMILES string of the molecule is O=C1CCC(NC(=O)OCO)CC1. The molecule has 0 aliphatic heterocycles. The van der Waals surface area contributed by atoms with E-state index in [1.165, 1.54) is 0 Å². The molecule has 13 heavy (non-hydrogen) atoms. The average Bonchev–Trinajstić information content (AvgIpc) is 2.09. The Morgan fingerprint density at radius 1 is 1.54 bits per heavy atom. The first-order chi connectivity index (χ1) is 6.22. The van der Waals surface area contributed by atoms with E-state index in [4.69, 9.17) is 5.11 Å². The predicted molar refractivity (Wildman–Crippen MR) is 44.0 cm³/mol. The Bertz CT molecular complexity index is 194. The smallest absolute Gasteiger partial charge is 0.409 e. The Morgan fingerprint density at radius 2 is 2.15 bits per heavy atom. The molecule has 0 aromatic carbocycles. The van der Waals surface area contributed by atoms with Gasteiger partial charge < -0.3 is 15.2 Å². The molecule has 0 aromatic rings. The lowest BCUT2D eigenvalue weighted by Crippen LogP contribution is -2.38. The average molecular weight is 187 g/mol. The highest BCUT2D eigenvalue weighted by Gasteiger charge is 2.20. The summed E-state index contributed by atoms with van der Waals surface area (Å²) in [6, 6.07) is 0.0109. The van der Waals surface area contributed by atoms with Crippen molar-refractivity contribution in [2.24, 2.45) is 0 Å². The van der Waals surface area contributed by atoms with Gasteiger partial charge >= 0.3 is 6.09 Å². The van der Waals surface area contributed by atoms with Gasteiger partial charge in [0.15, 0.2) is 6.79 Å². The fraction of sp³-hybridized carbons (Fsp3) is 0.750. The molecular weight excluding hydrogens is 174 g/mol. The van der Waals surface area contributed by atoms with Crippen LogP contribution < -0.4 is 5.32 Å². The molecule has 1 aliphatic carbocycles. The third-order valence-electron chi connectivity index (χ3n) is 2.06. The van der Waals surface area contributed by atoms with Crippen molar-refractivity contribution in [3.63, 3.8) is 0 Å². The van der Waals surface area contributed by atoms with Gasteiger partial charge in [-0.2, -0.15) is 0 Å². The first-order valence-corrected chi connectivity index (χ1v) is 4.28. The zero-order valence-electron chi connectivity index (χ0n) is 7.28. The van der Waals surface area contributed by atoms with Crippen molar-refractivity contribution in [1.29, 1.82) is 0 Å². The highest BCUT2D eigenvalue weighted by molar-refractivity contribution is 5.79. The lowest BCUT2D eigenvalue weighted by Gasteiger charge is -2.21. The number of ketones is 1. The molecule has 5 heteroatoms. The molecule has 0 spiro atoms. The van der Waals surface area contributed by atoms with Crippen LogP contribution in [-0.2, 0) is 9.53 Å². The van der Waals surface area contributed by atoms with Crippen LogP contribution in [0.3, 0.4) is 0 Å². The quantitative estimate of drug-likeness (QED) is 0.604. The van der Waals surface area contributed by atoms with Crippen LogP contribution in [0.4, 0.5) is 4.79 Å². The maximum absolute atomic E-state index is 10.8. The number of aliphatic hydroxyl groups excluding tert-OH is 1. The molecule has 0 radical (unpaired) electrons. The molecule has 5 nitrogen and oxygen atoms in total. The molecule has 1 fully saturated rings. The number of amides is 1. The van der Waals surface area contributed by atoms with Crippen molar-refractivity contribution in [2.45, 2.75) is 31.7 Å². The normalized spacial score (nSPS) is 18.4. The van der Waals surface area contributed by atoms with Crippen LogP contribution in [0.15, 0.2) is 0 Å². The number of rotatable bonds is 2. The second kappa shape index (κ2) is 4.81. The number of nitrogens with one attached hydrogen (secondary N) is 1. The summed E-state index contributed by atoms with van der Waals surface area (Å²) >= 11 is 0. The van der Waals surface area contributed by atoms with E-state index in [1.807, 2.05) is 0 Å². The van der Waals surface area contributed by atoms with Crippen LogP contribution in [0.2, 0.25) is 0 Å². The van der Waals surface area contributed by atoms with Crippen LogP contribution in [0.1, 0.15) is 25.7 Å². The van der Waals surface area contributed by atoms with E-state index < -0.39 is 12.9 Å². The van der Waals surface area contributed by atoms with Crippen molar-refractivity contribution < 1.29 is 19.4 Å². The Hall–Kier alpha value is -1.10. The second-order valence-corrected chi connectivity index (χ2v) is 3.02. The van der Waals surface area contributed by atoms with Gasteiger partial charge in [-0.05, 0) is 12.8 Å². The first kappa shape index (κ1) is 9.98. The molecule has 0 aromatic heterocycles. The van der Waals surface area contributed by atoms with Crippen molar-refractivity contribution in [2.75, 3.05) is 6.79 Å².